The van der Waals surface area contributed by atoms with Gasteiger partial charge < -0.3 is 5.32 Å². The van der Waals surface area contributed by atoms with E-state index in [4.69, 9.17) is 5.10 Å². The number of benzene rings is 1. The molecule has 3 heterocycles. The second-order valence-electron chi connectivity index (χ2n) is 8.69. The van der Waals surface area contributed by atoms with E-state index in [1.54, 1.807) is 11.0 Å². The van der Waals surface area contributed by atoms with Crippen molar-refractivity contribution < 1.29 is 0 Å². The van der Waals surface area contributed by atoms with E-state index in [1.807, 2.05) is 24.3 Å². The number of para-hydroxylation sites is 1. The lowest BCUT2D eigenvalue weighted by atomic mass is 9.97. The van der Waals surface area contributed by atoms with Crippen LogP contribution in [0.2, 0.25) is 0 Å². The Bertz CT molecular complexity index is 1110. The van der Waals surface area contributed by atoms with Gasteiger partial charge >= 0.3 is 0 Å². The Morgan fingerprint density at radius 2 is 1.94 bits per heavy atom. The fourth-order valence-electron chi connectivity index (χ4n) is 4.93. The molecule has 1 N–H and O–H groups in total. The molecule has 0 radical (unpaired) electrons. The summed E-state index contributed by atoms with van der Waals surface area (Å²) < 4.78 is 1.68. The predicted octanol–water partition coefficient (Wildman–Crippen LogP) is 3.03. The number of hydrogen-bond acceptors (Lipinski definition) is 6. The molecule has 162 valence electrons. The summed E-state index contributed by atoms with van der Waals surface area (Å²) in [6.45, 7) is 3.41. The number of nitrogens with one attached hydrogen (secondary N) is 1. The number of likely N-dealkylation sites (tertiary alicyclic amines) is 1. The fraction of sp³-hybridized carbons (Fsp3) is 0.500. The summed E-state index contributed by atoms with van der Waals surface area (Å²) in [7, 11) is 0. The van der Waals surface area contributed by atoms with Crippen LogP contribution in [0.1, 0.15) is 43.4 Å². The molecule has 2 aromatic heterocycles. The molecule has 0 bridgehead atoms. The molecule has 3 aromatic rings. The van der Waals surface area contributed by atoms with Gasteiger partial charge in [-0.25, -0.2) is 14.6 Å². The first kappa shape index (κ1) is 20.1. The van der Waals surface area contributed by atoms with E-state index in [9.17, 15) is 4.79 Å². The molecule has 1 saturated heterocycles. The van der Waals surface area contributed by atoms with Gasteiger partial charge in [0.2, 0.25) is 0 Å². The van der Waals surface area contributed by atoms with E-state index < -0.39 is 0 Å². The van der Waals surface area contributed by atoms with Crippen LogP contribution in [0.15, 0.2) is 41.5 Å². The molecule has 1 aromatic carbocycles. The van der Waals surface area contributed by atoms with Gasteiger partial charge in [-0.05, 0) is 62.8 Å². The number of piperidine rings is 1. The zero-order chi connectivity index (χ0) is 21.0. The lowest BCUT2D eigenvalue weighted by Gasteiger charge is -2.36. The Morgan fingerprint density at radius 1 is 1.03 bits per heavy atom. The topological polar surface area (TPSA) is 75.9 Å². The second-order valence-corrected chi connectivity index (χ2v) is 8.69. The first-order chi connectivity index (χ1) is 15.3. The highest BCUT2D eigenvalue weighted by Crippen LogP contribution is 2.21. The van der Waals surface area contributed by atoms with Gasteiger partial charge in [0.1, 0.15) is 12.1 Å². The molecular weight excluding hydrogens is 388 g/mol. The van der Waals surface area contributed by atoms with Gasteiger partial charge in [0, 0.05) is 30.6 Å². The zero-order valence-electron chi connectivity index (χ0n) is 18.0. The van der Waals surface area contributed by atoms with E-state index in [0.717, 1.165) is 66.9 Å². The normalized spacial score (nSPS) is 19.3. The van der Waals surface area contributed by atoms with Crippen molar-refractivity contribution in [2.24, 2.45) is 0 Å². The average molecular weight is 419 g/mol. The van der Waals surface area contributed by atoms with E-state index in [0.29, 0.717) is 12.6 Å². The van der Waals surface area contributed by atoms with Crippen molar-refractivity contribution >= 4 is 16.7 Å². The van der Waals surface area contributed by atoms with Crippen LogP contribution in [0.4, 0.5) is 5.82 Å². The van der Waals surface area contributed by atoms with E-state index >= 15 is 0 Å². The van der Waals surface area contributed by atoms with Crippen LogP contribution < -0.4 is 10.9 Å². The fourth-order valence-corrected chi connectivity index (χ4v) is 4.93. The first-order valence-corrected chi connectivity index (χ1v) is 11.6. The van der Waals surface area contributed by atoms with Crippen molar-refractivity contribution in [1.82, 2.24) is 24.6 Å². The van der Waals surface area contributed by atoms with Crippen LogP contribution in [-0.4, -0.2) is 50.3 Å². The van der Waals surface area contributed by atoms with E-state index in [2.05, 4.69) is 26.3 Å². The Balaban J connectivity index is 1.25. The molecule has 7 nitrogen and oxygen atoms in total. The van der Waals surface area contributed by atoms with E-state index in [1.165, 1.54) is 25.7 Å². The minimum absolute atomic E-state index is 0.0415. The Hall–Kier alpha value is -2.80. The van der Waals surface area contributed by atoms with Crippen LogP contribution in [0.25, 0.3) is 10.9 Å². The predicted molar refractivity (Wildman–Crippen MR) is 122 cm³/mol. The molecule has 1 aliphatic heterocycles. The van der Waals surface area contributed by atoms with Crippen molar-refractivity contribution in [1.29, 1.82) is 0 Å². The number of hydrogen-bond donors (Lipinski definition) is 1. The Morgan fingerprint density at radius 3 is 2.90 bits per heavy atom. The lowest BCUT2D eigenvalue weighted by Crippen LogP contribution is -2.45. The summed E-state index contributed by atoms with van der Waals surface area (Å²) >= 11 is 0. The van der Waals surface area contributed by atoms with Gasteiger partial charge in [0.05, 0.1) is 17.8 Å². The molecule has 7 heteroatoms. The smallest absolute Gasteiger partial charge is 0.267 e. The minimum atomic E-state index is 0.0415. The molecule has 0 amide bonds. The summed E-state index contributed by atoms with van der Waals surface area (Å²) in [5.74, 6) is 0.892. The molecule has 0 spiro atoms. The molecule has 1 fully saturated rings. The van der Waals surface area contributed by atoms with Crippen LogP contribution in [-0.2, 0) is 19.4 Å². The number of anilines is 1. The van der Waals surface area contributed by atoms with Gasteiger partial charge in [0.15, 0.2) is 0 Å². The van der Waals surface area contributed by atoms with Gasteiger partial charge in [0.25, 0.3) is 5.56 Å². The molecular formula is C24H30N6O. The summed E-state index contributed by atoms with van der Waals surface area (Å²) in [5.41, 5.74) is 3.28. The van der Waals surface area contributed by atoms with Crippen LogP contribution in [0, 0.1) is 0 Å². The summed E-state index contributed by atoms with van der Waals surface area (Å²) in [5, 5.41) is 9.31. The van der Waals surface area contributed by atoms with Crippen LogP contribution >= 0.6 is 0 Å². The SMILES string of the molecule is O=c1cc2c(nn1CCN1CCCCC1CNc1ncnc3ccccc13)CCCC2. The number of nitrogens with zero attached hydrogens (tertiary/aromatic N) is 5. The Kier molecular flexibility index (Phi) is 5.93. The molecule has 0 saturated carbocycles. The highest BCUT2D eigenvalue weighted by molar-refractivity contribution is 5.88. The van der Waals surface area contributed by atoms with Crippen molar-refractivity contribution in [2.75, 3.05) is 25.0 Å². The maximum absolute atomic E-state index is 12.5. The summed E-state index contributed by atoms with van der Waals surface area (Å²) in [4.78, 5) is 23.9. The average Bonchev–Trinajstić information content (AvgIpc) is 2.82. The molecule has 1 aliphatic carbocycles. The van der Waals surface area contributed by atoms with Crippen molar-refractivity contribution in [2.45, 2.75) is 57.5 Å². The summed E-state index contributed by atoms with van der Waals surface area (Å²) in [6, 6.07) is 10.3. The maximum Gasteiger partial charge on any atom is 0.267 e. The van der Waals surface area contributed by atoms with Gasteiger partial charge in [-0.3, -0.25) is 9.69 Å². The highest BCUT2D eigenvalue weighted by Gasteiger charge is 2.23. The van der Waals surface area contributed by atoms with Crippen molar-refractivity contribution in [3.63, 3.8) is 0 Å². The van der Waals surface area contributed by atoms with Gasteiger partial charge in [-0.1, -0.05) is 18.6 Å². The molecule has 31 heavy (non-hydrogen) atoms. The Labute approximate surface area is 182 Å². The second kappa shape index (κ2) is 9.14. The first-order valence-electron chi connectivity index (χ1n) is 11.6. The molecule has 2 aliphatic rings. The largest absolute Gasteiger partial charge is 0.368 e. The van der Waals surface area contributed by atoms with E-state index in [-0.39, 0.29) is 5.56 Å². The third-order valence-corrected chi connectivity index (χ3v) is 6.67. The minimum Gasteiger partial charge on any atom is -0.368 e. The number of aromatic nitrogens is 4. The standard InChI is InChI=1S/C24H30N6O/c31-23-15-18-7-1-3-10-21(18)28-30(23)14-13-29-12-6-5-8-19(29)16-25-24-20-9-2-4-11-22(20)26-17-27-24/h2,4,9,11,15,17,19H,1,3,5-8,10,12-14,16H2,(H,25,26,27). The zero-order valence-corrected chi connectivity index (χ0v) is 18.0. The van der Waals surface area contributed by atoms with Crippen LogP contribution in [0.3, 0.4) is 0 Å². The number of rotatable bonds is 6. The van der Waals surface area contributed by atoms with Gasteiger partial charge in [-0.2, -0.15) is 5.10 Å². The maximum atomic E-state index is 12.5. The lowest BCUT2D eigenvalue weighted by molar-refractivity contribution is 0.147. The summed E-state index contributed by atoms with van der Waals surface area (Å²) in [6.07, 6.45) is 9.57. The number of aryl methyl sites for hydroxylation is 2. The quantitative estimate of drug-likeness (QED) is 0.663. The van der Waals surface area contributed by atoms with Crippen molar-refractivity contribution in [3.8, 4) is 0 Å². The molecule has 1 atom stereocenters. The number of fused-ring (bicyclic) bond motifs is 2. The molecule has 1 unspecified atom stereocenters. The highest BCUT2D eigenvalue weighted by atomic mass is 16.1. The molecule has 5 rings (SSSR count). The van der Waals surface area contributed by atoms with Gasteiger partial charge in [-0.15, -0.1) is 0 Å². The van der Waals surface area contributed by atoms with Crippen molar-refractivity contribution in [3.05, 3.63) is 58.3 Å². The third kappa shape index (κ3) is 4.46. The van der Waals surface area contributed by atoms with Crippen LogP contribution in [0.5, 0.6) is 0 Å². The third-order valence-electron chi connectivity index (χ3n) is 6.67. The monoisotopic (exact) mass is 418 g/mol.